The van der Waals surface area contributed by atoms with Gasteiger partial charge in [0.1, 0.15) is 6.61 Å². The summed E-state index contributed by atoms with van der Waals surface area (Å²) in [6.07, 6.45) is 0.349. The van der Waals surface area contributed by atoms with Crippen LogP contribution in [-0.2, 0) is 28.4 Å². The van der Waals surface area contributed by atoms with Gasteiger partial charge < -0.3 is 9.47 Å². The Hall–Kier alpha value is -0.830. The highest BCUT2D eigenvalue weighted by atomic mass is 32.2. The molecular formula is C9H14O7S. The SMILES string of the molecule is CC(C)(COC(=O)C1CCOC1=O)SOOO. The van der Waals surface area contributed by atoms with Crippen molar-refractivity contribution in [2.24, 2.45) is 5.92 Å². The number of carbonyl (C=O) groups is 2. The van der Waals surface area contributed by atoms with E-state index in [2.05, 4.69) is 14.1 Å². The van der Waals surface area contributed by atoms with Crippen LogP contribution in [0.5, 0.6) is 0 Å². The Morgan fingerprint density at radius 1 is 1.65 bits per heavy atom. The normalized spacial score (nSPS) is 20.2. The predicted molar refractivity (Wildman–Crippen MR) is 56.5 cm³/mol. The zero-order valence-corrected chi connectivity index (χ0v) is 10.3. The Bertz CT molecular complexity index is 291. The van der Waals surface area contributed by atoms with Gasteiger partial charge in [0, 0.05) is 18.5 Å². The Kier molecular flexibility index (Phi) is 5.19. The van der Waals surface area contributed by atoms with Crippen LogP contribution in [0.4, 0.5) is 0 Å². The Morgan fingerprint density at radius 3 is 2.88 bits per heavy atom. The van der Waals surface area contributed by atoms with Crippen molar-refractivity contribution in [1.82, 2.24) is 0 Å². The number of carbonyl (C=O) groups excluding carboxylic acids is 2. The summed E-state index contributed by atoms with van der Waals surface area (Å²) in [7, 11) is 0. The van der Waals surface area contributed by atoms with Gasteiger partial charge in [0.25, 0.3) is 0 Å². The van der Waals surface area contributed by atoms with Crippen LogP contribution >= 0.6 is 12.0 Å². The number of ether oxygens (including phenoxy) is 2. The lowest BCUT2D eigenvalue weighted by Crippen LogP contribution is -2.29. The average molecular weight is 266 g/mol. The maximum atomic E-state index is 11.5. The van der Waals surface area contributed by atoms with Gasteiger partial charge in [-0.25, -0.2) is 5.26 Å². The first-order valence-corrected chi connectivity index (χ1v) is 5.69. The average Bonchev–Trinajstić information content (AvgIpc) is 2.70. The van der Waals surface area contributed by atoms with Gasteiger partial charge in [0.05, 0.1) is 11.4 Å². The molecular weight excluding hydrogens is 252 g/mol. The van der Waals surface area contributed by atoms with Crippen molar-refractivity contribution in [3.63, 3.8) is 0 Å². The van der Waals surface area contributed by atoms with Crippen LogP contribution in [-0.4, -0.2) is 35.2 Å². The first-order valence-electron chi connectivity index (χ1n) is 4.95. The van der Waals surface area contributed by atoms with Gasteiger partial charge >= 0.3 is 11.9 Å². The molecule has 0 aromatic carbocycles. The van der Waals surface area contributed by atoms with Crippen LogP contribution in [0.1, 0.15) is 20.3 Å². The van der Waals surface area contributed by atoms with Crippen molar-refractivity contribution in [3.05, 3.63) is 0 Å². The lowest BCUT2D eigenvalue weighted by Gasteiger charge is -2.21. The third kappa shape index (κ3) is 4.50. The molecule has 0 amide bonds. The maximum Gasteiger partial charge on any atom is 0.320 e. The summed E-state index contributed by atoms with van der Waals surface area (Å²) >= 11 is 0.798. The van der Waals surface area contributed by atoms with Crippen LogP contribution < -0.4 is 0 Å². The van der Waals surface area contributed by atoms with Crippen LogP contribution in [0.3, 0.4) is 0 Å². The minimum Gasteiger partial charge on any atom is -0.465 e. The molecule has 1 heterocycles. The minimum absolute atomic E-state index is 0.0175. The van der Waals surface area contributed by atoms with Crippen molar-refractivity contribution in [2.75, 3.05) is 13.2 Å². The molecule has 0 bridgehead atoms. The molecule has 1 fully saturated rings. The van der Waals surface area contributed by atoms with Crippen molar-refractivity contribution in [2.45, 2.75) is 25.0 Å². The molecule has 1 rings (SSSR count). The van der Waals surface area contributed by atoms with Crippen molar-refractivity contribution >= 4 is 24.0 Å². The van der Waals surface area contributed by atoms with Crippen LogP contribution in [0.25, 0.3) is 0 Å². The summed E-state index contributed by atoms with van der Waals surface area (Å²) in [5.41, 5.74) is 0. The fourth-order valence-electron chi connectivity index (χ4n) is 1.19. The van der Waals surface area contributed by atoms with Gasteiger partial charge in [-0.15, -0.1) is 4.33 Å². The highest BCUT2D eigenvalue weighted by molar-refractivity contribution is 7.95. The van der Waals surface area contributed by atoms with E-state index >= 15 is 0 Å². The molecule has 0 radical (unpaired) electrons. The Balaban J connectivity index is 2.34. The fourth-order valence-corrected chi connectivity index (χ4v) is 1.51. The van der Waals surface area contributed by atoms with Gasteiger partial charge in [-0.05, 0) is 13.8 Å². The first-order chi connectivity index (χ1) is 7.96. The summed E-state index contributed by atoms with van der Waals surface area (Å²) in [4.78, 5) is 22.6. The Morgan fingerprint density at radius 2 is 2.35 bits per heavy atom. The zero-order chi connectivity index (χ0) is 12.9. The number of rotatable bonds is 6. The monoisotopic (exact) mass is 266 g/mol. The van der Waals surface area contributed by atoms with E-state index in [-0.39, 0.29) is 13.2 Å². The molecule has 0 aromatic heterocycles. The Labute approximate surface area is 102 Å². The number of hydrogen-bond donors (Lipinski definition) is 1. The molecule has 0 aromatic rings. The second-order valence-corrected chi connectivity index (χ2v) is 5.51. The third-order valence-electron chi connectivity index (χ3n) is 2.07. The molecule has 17 heavy (non-hydrogen) atoms. The first kappa shape index (κ1) is 14.2. The second kappa shape index (κ2) is 6.20. The van der Waals surface area contributed by atoms with Crippen molar-refractivity contribution in [3.8, 4) is 0 Å². The summed E-state index contributed by atoms with van der Waals surface area (Å²) in [5.74, 6) is -1.98. The number of hydrogen-bond acceptors (Lipinski definition) is 8. The molecule has 1 aliphatic heterocycles. The molecule has 1 unspecified atom stereocenters. The van der Waals surface area contributed by atoms with E-state index in [1.54, 1.807) is 13.8 Å². The van der Waals surface area contributed by atoms with E-state index in [0.29, 0.717) is 6.42 Å². The second-order valence-electron chi connectivity index (χ2n) is 4.10. The fraction of sp³-hybridized carbons (Fsp3) is 0.778. The van der Waals surface area contributed by atoms with E-state index in [0.717, 1.165) is 12.0 Å². The molecule has 1 N–H and O–H groups in total. The van der Waals surface area contributed by atoms with Crippen molar-refractivity contribution in [1.29, 1.82) is 0 Å². The van der Waals surface area contributed by atoms with Crippen LogP contribution in [0.2, 0.25) is 0 Å². The van der Waals surface area contributed by atoms with Gasteiger partial charge in [0.2, 0.25) is 0 Å². The lowest BCUT2D eigenvalue weighted by atomic mass is 10.1. The highest BCUT2D eigenvalue weighted by Crippen LogP contribution is 2.26. The predicted octanol–water partition coefficient (Wildman–Crippen LogP) is 0.941. The van der Waals surface area contributed by atoms with E-state index in [1.807, 2.05) is 0 Å². The summed E-state index contributed by atoms with van der Waals surface area (Å²) in [5, 5.41) is 11.5. The summed E-state index contributed by atoms with van der Waals surface area (Å²) in [6, 6.07) is 0. The standard InChI is InChI=1S/C9H14O7S/c1-9(2,17-16-15-12)5-14-8(11)6-3-4-13-7(6)10/h6,12H,3-5H2,1-2H3. The third-order valence-corrected chi connectivity index (χ3v) is 2.77. The van der Waals surface area contributed by atoms with E-state index < -0.39 is 22.6 Å². The quantitative estimate of drug-likeness (QED) is 0.250. The van der Waals surface area contributed by atoms with Crippen LogP contribution in [0.15, 0.2) is 0 Å². The van der Waals surface area contributed by atoms with Gasteiger partial charge in [-0.3, -0.25) is 9.59 Å². The molecule has 0 saturated carbocycles. The molecule has 1 saturated heterocycles. The summed E-state index contributed by atoms with van der Waals surface area (Å²) in [6.45, 7) is 3.70. The molecule has 0 spiro atoms. The molecule has 0 aliphatic carbocycles. The largest absolute Gasteiger partial charge is 0.465 e. The molecule has 98 valence electrons. The zero-order valence-electron chi connectivity index (χ0n) is 9.50. The smallest absolute Gasteiger partial charge is 0.320 e. The minimum atomic E-state index is -0.828. The summed E-state index contributed by atoms with van der Waals surface area (Å²) < 4.78 is 13.3. The van der Waals surface area contributed by atoms with Crippen LogP contribution in [0, 0.1) is 5.92 Å². The maximum absolute atomic E-state index is 11.5. The number of cyclic esters (lactones) is 1. The topological polar surface area (TPSA) is 91.3 Å². The molecule has 1 aliphatic rings. The van der Waals surface area contributed by atoms with Crippen molar-refractivity contribution < 1.29 is 33.7 Å². The molecule has 7 nitrogen and oxygen atoms in total. The molecule has 1 atom stereocenters. The van der Waals surface area contributed by atoms with Gasteiger partial charge in [0.15, 0.2) is 5.92 Å². The van der Waals surface area contributed by atoms with E-state index in [1.165, 1.54) is 0 Å². The number of esters is 2. The molecule has 8 heteroatoms. The van der Waals surface area contributed by atoms with E-state index in [9.17, 15) is 9.59 Å². The van der Waals surface area contributed by atoms with Gasteiger partial charge in [-0.1, -0.05) is 5.04 Å². The lowest BCUT2D eigenvalue weighted by molar-refractivity contribution is -0.432. The highest BCUT2D eigenvalue weighted by Gasteiger charge is 2.35. The van der Waals surface area contributed by atoms with Gasteiger partial charge in [-0.2, -0.15) is 0 Å². The van der Waals surface area contributed by atoms with E-state index in [4.69, 9.17) is 9.99 Å².